The lowest BCUT2D eigenvalue weighted by Crippen LogP contribution is -2.28. The summed E-state index contributed by atoms with van der Waals surface area (Å²) in [5, 5.41) is 5.72. The number of hydrogen-bond acceptors (Lipinski definition) is 2. The highest BCUT2D eigenvalue weighted by atomic mass is 35.5. The molecule has 1 atom stereocenters. The molecule has 4 rings (SSSR count). The summed E-state index contributed by atoms with van der Waals surface area (Å²) in [4.78, 5) is 27.0. The van der Waals surface area contributed by atoms with E-state index in [-0.39, 0.29) is 18.2 Å². The van der Waals surface area contributed by atoms with Gasteiger partial charge in [0.05, 0.1) is 22.3 Å². The van der Waals surface area contributed by atoms with Crippen LogP contribution in [0.15, 0.2) is 60.7 Å². The zero-order valence-corrected chi connectivity index (χ0v) is 15.8. The average Bonchev–Trinajstić information content (AvgIpc) is 3.06. The molecule has 0 unspecified atom stereocenters. The third-order valence-electron chi connectivity index (χ3n) is 4.74. The van der Waals surface area contributed by atoms with Crippen molar-refractivity contribution in [2.24, 2.45) is 5.92 Å². The van der Waals surface area contributed by atoms with Gasteiger partial charge in [-0.2, -0.15) is 0 Å². The van der Waals surface area contributed by atoms with Crippen LogP contribution < -0.4 is 10.2 Å². The van der Waals surface area contributed by atoms with Crippen LogP contribution in [0.2, 0.25) is 10.0 Å². The van der Waals surface area contributed by atoms with Crippen LogP contribution in [-0.4, -0.2) is 18.4 Å². The van der Waals surface area contributed by atoms with Gasteiger partial charge in [0.25, 0.3) is 0 Å². The molecule has 6 heteroatoms. The Morgan fingerprint density at radius 3 is 2.67 bits per heavy atom. The molecule has 136 valence electrons. The maximum absolute atomic E-state index is 12.7. The molecule has 3 aromatic carbocycles. The molecule has 1 aliphatic heterocycles. The summed E-state index contributed by atoms with van der Waals surface area (Å²) < 4.78 is 0. The van der Waals surface area contributed by atoms with E-state index >= 15 is 0 Å². The molecular weight excluding hydrogens is 383 g/mol. The second-order valence-electron chi connectivity index (χ2n) is 6.52. The van der Waals surface area contributed by atoms with Crippen LogP contribution in [-0.2, 0) is 9.59 Å². The van der Waals surface area contributed by atoms with Gasteiger partial charge in [-0.15, -0.1) is 0 Å². The van der Waals surface area contributed by atoms with E-state index in [2.05, 4.69) is 5.32 Å². The van der Waals surface area contributed by atoms with Crippen LogP contribution in [0, 0.1) is 5.92 Å². The first-order valence-electron chi connectivity index (χ1n) is 8.57. The second kappa shape index (κ2) is 7.22. The van der Waals surface area contributed by atoms with E-state index in [4.69, 9.17) is 23.2 Å². The van der Waals surface area contributed by atoms with Gasteiger partial charge in [0.2, 0.25) is 11.8 Å². The van der Waals surface area contributed by atoms with E-state index in [9.17, 15) is 9.59 Å². The van der Waals surface area contributed by atoms with Crippen LogP contribution in [0.25, 0.3) is 10.8 Å². The number of halogens is 2. The number of carbonyl (C=O) groups excluding carboxylic acids is 2. The predicted molar refractivity (Wildman–Crippen MR) is 109 cm³/mol. The van der Waals surface area contributed by atoms with Crippen LogP contribution in [0.1, 0.15) is 6.42 Å². The van der Waals surface area contributed by atoms with Gasteiger partial charge in [0, 0.05) is 23.4 Å². The fraction of sp³-hybridized carbons (Fsp3) is 0.143. The highest BCUT2D eigenvalue weighted by molar-refractivity contribution is 6.35. The Morgan fingerprint density at radius 2 is 1.81 bits per heavy atom. The van der Waals surface area contributed by atoms with Gasteiger partial charge in [-0.05, 0) is 29.7 Å². The summed E-state index contributed by atoms with van der Waals surface area (Å²) in [6.07, 6.45) is 0.160. The lowest BCUT2D eigenvalue weighted by atomic mass is 10.1. The number of nitrogens with zero attached hydrogens (tertiary/aromatic N) is 1. The fourth-order valence-corrected chi connectivity index (χ4v) is 3.72. The summed E-state index contributed by atoms with van der Waals surface area (Å²) in [6.45, 7) is 0.330. The Morgan fingerprint density at radius 1 is 1.04 bits per heavy atom. The molecule has 1 fully saturated rings. The molecule has 4 nitrogen and oxygen atoms in total. The number of rotatable bonds is 3. The van der Waals surface area contributed by atoms with E-state index in [1.165, 1.54) is 0 Å². The molecule has 1 N–H and O–H groups in total. The van der Waals surface area contributed by atoms with Gasteiger partial charge < -0.3 is 10.2 Å². The van der Waals surface area contributed by atoms with E-state index < -0.39 is 5.92 Å². The first kappa shape index (κ1) is 17.8. The summed E-state index contributed by atoms with van der Waals surface area (Å²) in [6, 6.07) is 18.6. The maximum atomic E-state index is 12.7. The smallest absolute Gasteiger partial charge is 0.229 e. The van der Waals surface area contributed by atoms with Crippen molar-refractivity contribution >= 4 is 57.2 Å². The molecule has 0 radical (unpaired) electrons. The number of hydrogen-bond donors (Lipinski definition) is 1. The summed E-state index contributed by atoms with van der Waals surface area (Å²) in [5.74, 6) is -0.759. The van der Waals surface area contributed by atoms with Crippen molar-refractivity contribution in [3.05, 3.63) is 70.7 Å². The quantitative estimate of drug-likeness (QED) is 0.663. The Bertz CT molecular complexity index is 1050. The molecule has 0 aliphatic carbocycles. The van der Waals surface area contributed by atoms with Gasteiger partial charge in [0.15, 0.2) is 0 Å². The van der Waals surface area contributed by atoms with E-state index in [0.29, 0.717) is 22.3 Å². The van der Waals surface area contributed by atoms with Crippen molar-refractivity contribution in [2.75, 3.05) is 16.8 Å². The average molecular weight is 399 g/mol. The lowest BCUT2D eigenvalue weighted by Gasteiger charge is -2.19. The topological polar surface area (TPSA) is 49.4 Å². The second-order valence-corrected chi connectivity index (χ2v) is 7.36. The summed E-state index contributed by atoms with van der Waals surface area (Å²) >= 11 is 12.1. The Hall–Kier alpha value is -2.56. The van der Waals surface area contributed by atoms with Gasteiger partial charge in [-0.3, -0.25) is 9.59 Å². The van der Waals surface area contributed by atoms with Crippen molar-refractivity contribution in [3.63, 3.8) is 0 Å². The van der Waals surface area contributed by atoms with Crippen LogP contribution in [0.5, 0.6) is 0 Å². The van der Waals surface area contributed by atoms with Crippen molar-refractivity contribution in [1.82, 2.24) is 0 Å². The highest BCUT2D eigenvalue weighted by Crippen LogP contribution is 2.33. The minimum atomic E-state index is -0.452. The fourth-order valence-electron chi connectivity index (χ4n) is 3.39. The standard InChI is InChI=1S/C21H16Cl2N2O2/c22-15-8-9-17(23)18(11-15)24-21(27)14-10-20(26)25(12-14)19-7-3-5-13-4-1-2-6-16(13)19/h1-9,11,14H,10,12H2,(H,24,27)/t14-/m0/s1. The zero-order chi connectivity index (χ0) is 19.0. The van der Waals surface area contributed by atoms with Gasteiger partial charge >= 0.3 is 0 Å². The van der Waals surface area contributed by atoms with Crippen molar-refractivity contribution in [2.45, 2.75) is 6.42 Å². The molecular formula is C21H16Cl2N2O2. The number of benzene rings is 3. The number of anilines is 2. The van der Waals surface area contributed by atoms with Crippen LogP contribution in [0.3, 0.4) is 0 Å². The molecule has 1 aliphatic rings. The molecule has 0 aromatic heterocycles. The van der Waals surface area contributed by atoms with Crippen molar-refractivity contribution in [3.8, 4) is 0 Å². The molecule has 0 saturated carbocycles. The van der Waals surface area contributed by atoms with E-state index in [0.717, 1.165) is 16.5 Å². The minimum absolute atomic E-state index is 0.0660. The Kier molecular flexibility index (Phi) is 4.77. The van der Waals surface area contributed by atoms with Gasteiger partial charge in [-0.25, -0.2) is 0 Å². The number of carbonyl (C=O) groups is 2. The SMILES string of the molecule is O=C(Nc1cc(Cl)ccc1Cl)[C@H]1CC(=O)N(c2cccc3ccccc23)C1. The lowest BCUT2D eigenvalue weighted by molar-refractivity contribution is -0.122. The maximum Gasteiger partial charge on any atom is 0.229 e. The van der Waals surface area contributed by atoms with Crippen molar-refractivity contribution < 1.29 is 9.59 Å². The molecule has 1 heterocycles. The zero-order valence-electron chi connectivity index (χ0n) is 14.3. The van der Waals surface area contributed by atoms with Crippen LogP contribution in [0.4, 0.5) is 11.4 Å². The molecule has 0 spiro atoms. The number of nitrogens with one attached hydrogen (secondary N) is 1. The highest BCUT2D eigenvalue weighted by Gasteiger charge is 2.35. The van der Waals surface area contributed by atoms with Crippen molar-refractivity contribution in [1.29, 1.82) is 0 Å². The monoisotopic (exact) mass is 398 g/mol. The largest absolute Gasteiger partial charge is 0.324 e. The first-order valence-corrected chi connectivity index (χ1v) is 9.32. The third kappa shape index (κ3) is 3.51. The van der Waals surface area contributed by atoms with Gasteiger partial charge in [-0.1, -0.05) is 59.6 Å². The Labute approximate surface area is 166 Å². The normalized spacial score (nSPS) is 16.7. The van der Waals surface area contributed by atoms with E-state index in [1.807, 2.05) is 42.5 Å². The predicted octanol–water partition coefficient (Wildman–Crippen LogP) is 5.14. The molecule has 3 aromatic rings. The third-order valence-corrected chi connectivity index (χ3v) is 5.30. The number of fused-ring (bicyclic) bond motifs is 1. The van der Waals surface area contributed by atoms with E-state index in [1.54, 1.807) is 23.1 Å². The van der Waals surface area contributed by atoms with Gasteiger partial charge in [0.1, 0.15) is 0 Å². The van der Waals surface area contributed by atoms with Crippen LogP contribution >= 0.6 is 23.2 Å². The summed E-state index contributed by atoms with van der Waals surface area (Å²) in [7, 11) is 0. The molecule has 1 saturated heterocycles. The number of amides is 2. The summed E-state index contributed by atoms with van der Waals surface area (Å²) in [5.41, 5.74) is 1.28. The molecule has 2 amide bonds. The minimum Gasteiger partial charge on any atom is -0.324 e. The molecule has 27 heavy (non-hydrogen) atoms. The molecule has 0 bridgehead atoms. The first-order chi connectivity index (χ1) is 13.0. The Balaban J connectivity index is 1.57.